The van der Waals surface area contributed by atoms with Gasteiger partial charge in [-0.2, -0.15) is 5.10 Å². The summed E-state index contributed by atoms with van der Waals surface area (Å²) in [5, 5.41) is 6.58. The molecule has 1 amide bonds. The molecule has 0 saturated heterocycles. The molecular weight excluding hydrogens is 375 g/mol. The topological polar surface area (TPSA) is 90.3 Å². The van der Waals surface area contributed by atoms with E-state index in [9.17, 15) is 26.4 Å². The van der Waals surface area contributed by atoms with Crippen molar-refractivity contribution in [2.45, 2.75) is 18.5 Å². The number of ether oxygens (including phenoxy) is 1. The summed E-state index contributed by atoms with van der Waals surface area (Å²) < 4.78 is 65.3. The number of aryl methyl sites for hydroxylation is 1. The first-order valence-corrected chi connectivity index (χ1v) is 9.28. The van der Waals surface area contributed by atoms with Crippen LogP contribution >= 0.6 is 0 Å². The lowest BCUT2D eigenvalue weighted by Gasteiger charge is -2.13. The number of rotatable bonds is 3. The summed E-state index contributed by atoms with van der Waals surface area (Å²) in [6.07, 6.45) is -4.53. The number of hydrogen-bond donors (Lipinski definition) is 1. The second-order valence-corrected chi connectivity index (χ2v) is 7.95. The number of sulfone groups is 1. The van der Waals surface area contributed by atoms with Crippen molar-refractivity contribution in [3.63, 3.8) is 0 Å². The highest BCUT2D eigenvalue weighted by atomic mass is 32.2. The number of nitrogens with one attached hydrogen (secondary N) is 1. The highest BCUT2D eigenvalue weighted by Gasteiger charge is 2.32. The predicted octanol–water partition coefficient (Wildman–Crippen LogP) is 2.04. The first-order chi connectivity index (χ1) is 12.0. The average Bonchev–Trinajstić information content (AvgIpc) is 2.83. The zero-order valence-corrected chi connectivity index (χ0v) is 14.3. The SMILES string of the molecule is Cn1nc(C(=O)Nc2ccc(OC(F)(F)F)cc2)c2c1CCS(=O)(=O)C2. The first kappa shape index (κ1) is 18.2. The largest absolute Gasteiger partial charge is 0.573 e. The van der Waals surface area contributed by atoms with Gasteiger partial charge in [-0.25, -0.2) is 8.42 Å². The van der Waals surface area contributed by atoms with Crippen LogP contribution in [0.5, 0.6) is 5.75 Å². The van der Waals surface area contributed by atoms with Crippen LogP contribution < -0.4 is 10.1 Å². The van der Waals surface area contributed by atoms with Crippen LogP contribution in [0.15, 0.2) is 24.3 Å². The van der Waals surface area contributed by atoms with Gasteiger partial charge in [-0.1, -0.05) is 0 Å². The number of fused-ring (bicyclic) bond motifs is 1. The normalized spacial score (nSPS) is 16.0. The van der Waals surface area contributed by atoms with Crippen molar-refractivity contribution in [1.29, 1.82) is 0 Å². The molecule has 1 aliphatic heterocycles. The first-order valence-electron chi connectivity index (χ1n) is 7.46. The smallest absolute Gasteiger partial charge is 0.406 e. The number of anilines is 1. The zero-order valence-electron chi connectivity index (χ0n) is 13.5. The van der Waals surface area contributed by atoms with Gasteiger partial charge in [-0.3, -0.25) is 9.48 Å². The number of benzene rings is 1. The lowest BCUT2D eigenvalue weighted by Crippen LogP contribution is -2.22. The summed E-state index contributed by atoms with van der Waals surface area (Å²) in [5.41, 5.74) is 1.25. The van der Waals surface area contributed by atoms with Crippen molar-refractivity contribution in [3.8, 4) is 5.75 Å². The summed E-state index contributed by atoms with van der Waals surface area (Å²) in [7, 11) is -1.67. The summed E-state index contributed by atoms with van der Waals surface area (Å²) in [6.45, 7) is 0. The fourth-order valence-corrected chi connectivity index (χ4v) is 4.12. The van der Waals surface area contributed by atoms with E-state index in [4.69, 9.17) is 0 Å². The van der Waals surface area contributed by atoms with Crippen LogP contribution in [-0.4, -0.2) is 36.2 Å². The van der Waals surface area contributed by atoms with Gasteiger partial charge in [0.05, 0.1) is 11.5 Å². The molecule has 2 heterocycles. The van der Waals surface area contributed by atoms with Crippen molar-refractivity contribution in [2.75, 3.05) is 11.1 Å². The molecule has 0 radical (unpaired) electrons. The van der Waals surface area contributed by atoms with Crippen molar-refractivity contribution in [3.05, 3.63) is 41.2 Å². The van der Waals surface area contributed by atoms with Gasteiger partial charge in [-0.15, -0.1) is 13.2 Å². The molecule has 2 aromatic rings. The van der Waals surface area contributed by atoms with Crippen LogP contribution in [0.3, 0.4) is 0 Å². The minimum Gasteiger partial charge on any atom is -0.406 e. The third-order valence-corrected chi connectivity index (χ3v) is 5.40. The third kappa shape index (κ3) is 3.98. The van der Waals surface area contributed by atoms with Crippen molar-refractivity contribution in [1.82, 2.24) is 9.78 Å². The van der Waals surface area contributed by atoms with Crippen molar-refractivity contribution >= 4 is 21.4 Å². The second kappa shape index (κ2) is 6.31. The molecule has 0 bridgehead atoms. The van der Waals surface area contributed by atoms with E-state index in [0.717, 1.165) is 12.1 Å². The number of halogens is 3. The maximum absolute atomic E-state index is 12.4. The minimum atomic E-state index is -4.80. The lowest BCUT2D eigenvalue weighted by atomic mass is 10.1. The molecular formula is C15H14F3N3O4S. The molecule has 140 valence electrons. The maximum atomic E-state index is 12.4. The molecule has 1 N–H and O–H groups in total. The van der Waals surface area contributed by atoms with Gasteiger partial charge in [0, 0.05) is 30.4 Å². The second-order valence-electron chi connectivity index (χ2n) is 5.77. The fourth-order valence-electron chi connectivity index (χ4n) is 2.72. The predicted molar refractivity (Wildman–Crippen MR) is 85.5 cm³/mol. The van der Waals surface area contributed by atoms with Gasteiger partial charge >= 0.3 is 6.36 Å². The molecule has 11 heteroatoms. The van der Waals surface area contributed by atoms with E-state index < -0.39 is 27.9 Å². The van der Waals surface area contributed by atoms with Gasteiger partial charge in [0.25, 0.3) is 5.91 Å². The molecule has 0 unspecified atom stereocenters. The molecule has 7 nitrogen and oxygen atoms in total. The number of nitrogens with zero attached hydrogens (tertiary/aromatic N) is 2. The van der Waals surface area contributed by atoms with Crippen LogP contribution in [0.4, 0.5) is 18.9 Å². The maximum Gasteiger partial charge on any atom is 0.573 e. The molecule has 0 fully saturated rings. The highest BCUT2D eigenvalue weighted by molar-refractivity contribution is 7.90. The van der Waals surface area contributed by atoms with Gasteiger partial charge < -0.3 is 10.1 Å². The molecule has 1 aromatic carbocycles. The Morgan fingerprint density at radius 1 is 1.27 bits per heavy atom. The Balaban J connectivity index is 1.79. The molecule has 0 saturated carbocycles. The standard InChI is InChI=1S/C15H14F3N3O4S/c1-21-12-6-7-26(23,24)8-11(12)13(20-21)14(22)19-9-2-4-10(5-3-9)25-15(16,17)18/h2-5H,6-8H2,1H3,(H,19,22). The van der Waals surface area contributed by atoms with E-state index >= 15 is 0 Å². The van der Waals surface area contributed by atoms with Crippen LogP contribution in [0.25, 0.3) is 0 Å². The fraction of sp³-hybridized carbons (Fsp3) is 0.333. The average molecular weight is 389 g/mol. The van der Waals surface area contributed by atoms with Gasteiger partial charge in [-0.05, 0) is 24.3 Å². The van der Waals surface area contributed by atoms with Crippen LogP contribution in [0.1, 0.15) is 21.7 Å². The number of carbonyl (C=O) groups is 1. The molecule has 1 aliphatic rings. The summed E-state index contributed by atoms with van der Waals surface area (Å²) in [6, 6.07) is 4.60. The van der Waals surface area contributed by atoms with Gasteiger partial charge in [0.15, 0.2) is 15.5 Å². The van der Waals surface area contributed by atoms with E-state index in [-0.39, 0.29) is 29.3 Å². The van der Waals surface area contributed by atoms with E-state index in [0.29, 0.717) is 11.3 Å². The van der Waals surface area contributed by atoms with Crippen LogP contribution in [0.2, 0.25) is 0 Å². The zero-order chi connectivity index (χ0) is 19.1. The molecule has 26 heavy (non-hydrogen) atoms. The van der Waals surface area contributed by atoms with Crippen molar-refractivity contribution in [2.24, 2.45) is 7.05 Å². The molecule has 3 rings (SSSR count). The summed E-state index contributed by atoms with van der Waals surface area (Å²) >= 11 is 0. The number of hydrogen-bond acceptors (Lipinski definition) is 5. The van der Waals surface area contributed by atoms with Crippen LogP contribution in [-0.2, 0) is 29.1 Å². The number of carbonyl (C=O) groups excluding carboxylic acids is 1. The monoisotopic (exact) mass is 389 g/mol. The Hall–Kier alpha value is -2.56. The number of aromatic nitrogens is 2. The van der Waals surface area contributed by atoms with Gasteiger partial charge in [0.2, 0.25) is 0 Å². The van der Waals surface area contributed by atoms with E-state index in [1.54, 1.807) is 7.05 Å². The van der Waals surface area contributed by atoms with E-state index in [1.807, 2.05) is 0 Å². The van der Waals surface area contributed by atoms with Crippen LogP contribution in [0, 0.1) is 0 Å². The van der Waals surface area contributed by atoms with Gasteiger partial charge in [0.1, 0.15) is 5.75 Å². The molecule has 0 spiro atoms. The van der Waals surface area contributed by atoms with E-state index in [1.165, 1.54) is 16.8 Å². The number of amides is 1. The van der Waals surface area contributed by atoms with E-state index in [2.05, 4.69) is 15.2 Å². The van der Waals surface area contributed by atoms with Crippen molar-refractivity contribution < 1.29 is 31.1 Å². The lowest BCUT2D eigenvalue weighted by molar-refractivity contribution is -0.274. The Bertz CT molecular complexity index is 950. The summed E-state index contributed by atoms with van der Waals surface area (Å²) in [5.74, 6) is -1.32. The Morgan fingerprint density at radius 2 is 1.92 bits per heavy atom. The molecule has 0 atom stereocenters. The Labute approximate surface area is 146 Å². The molecule has 0 aliphatic carbocycles. The quantitative estimate of drug-likeness (QED) is 0.868. The third-order valence-electron chi connectivity index (χ3n) is 3.85. The highest BCUT2D eigenvalue weighted by Crippen LogP contribution is 2.26. The Kier molecular flexibility index (Phi) is 4.42. The molecule has 1 aromatic heterocycles. The Morgan fingerprint density at radius 3 is 2.54 bits per heavy atom. The minimum absolute atomic E-state index is 0.00125. The summed E-state index contributed by atoms with van der Waals surface area (Å²) in [4.78, 5) is 12.4. The number of alkyl halides is 3.